The highest BCUT2D eigenvalue weighted by Gasteiger charge is 2.47. The largest absolute Gasteiger partial charge is 0.508 e. The van der Waals surface area contributed by atoms with Gasteiger partial charge in [-0.1, -0.05) is 6.07 Å². The van der Waals surface area contributed by atoms with Gasteiger partial charge in [0.15, 0.2) is 0 Å². The van der Waals surface area contributed by atoms with E-state index in [-0.39, 0.29) is 17.6 Å². The van der Waals surface area contributed by atoms with E-state index in [0.29, 0.717) is 24.1 Å². The van der Waals surface area contributed by atoms with Crippen LogP contribution in [0, 0.1) is 6.92 Å². The van der Waals surface area contributed by atoms with E-state index in [1.54, 1.807) is 19.1 Å². The average molecular weight is 247 g/mol. The predicted molar refractivity (Wildman–Crippen MR) is 63.2 cm³/mol. The van der Waals surface area contributed by atoms with Crippen molar-refractivity contribution in [3.63, 3.8) is 0 Å². The summed E-state index contributed by atoms with van der Waals surface area (Å²) in [5, 5.41) is 9.67. The second-order valence-corrected chi connectivity index (χ2v) is 4.67. The maximum atomic E-state index is 12.1. The molecule has 1 aromatic rings. The molecule has 2 fully saturated rings. The Kier molecular flexibility index (Phi) is 2.38. The molecule has 2 atom stereocenters. The van der Waals surface area contributed by atoms with E-state index in [4.69, 9.17) is 4.74 Å². The number of benzene rings is 1. The number of hydrogen-bond donors (Lipinski definition) is 1. The van der Waals surface area contributed by atoms with E-state index < -0.39 is 12.2 Å². The van der Waals surface area contributed by atoms with Crippen molar-refractivity contribution in [1.29, 1.82) is 0 Å². The maximum absolute atomic E-state index is 12.1. The predicted octanol–water partition coefficient (Wildman–Crippen LogP) is 1.12. The van der Waals surface area contributed by atoms with Gasteiger partial charge in [-0.25, -0.2) is 4.90 Å². The summed E-state index contributed by atoms with van der Waals surface area (Å²) in [5.74, 6) is -0.596. The van der Waals surface area contributed by atoms with Crippen molar-refractivity contribution < 1.29 is 19.4 Å². The van der Waals surface area contributed by atoms with Gasteiger partial charge in [0.25, 0.3) is 11.8 Å². The number of imide groups is 1. The van der Waals surface area contributed by atoms with Gasteiger partial charge in [0, 0.05) is 6.07 Å². The summed E-state index contributed by atoms with van der Waals surface area (Å²) < 4.78 is 5.32. The first-order valence-electron chi connectivity index (χ1n) is 5.91. The van der Waals surface area contributed by atoms with E-state index in [9.17, 15) is 14.7 Å². The number of amides is 2. The Morgan fingerprint density at radius 2 is 1.83 bits per heavy atom. The quantitative estimate of drug-likeness (QED) is 0.755. The van der Waals surface area contributed by atoms with Gasteiger partial charge in [-0.2, -0.15) is 0 Å². The van der Waals surface area contributed by atoms with Crippen LogP contribution in [0.15, 0.2) is 18.2 Å². The fourth-order valence-corrected chi connectivity index (χ4v) is 2.39. The van der Waals surface area contributed by atoms with Gasteiger partial charge in [-0.05, 0) is 31.4 Å². The van der Waals surface area contributed by atoms with E-state index in [1.807, 2.05) is 0 Å². The number of phenolic OH excluding ortho intramolecular Hbond substituents is 1. The number of fused-ring (bicyclic) bond motifs is 2. The first-order valence-corrected chi connectivity index (χ1v) is 5.91. The van der Waals surface area contributed by atoms with Crippen LogP contribution in [0.2, 0.25) is 0 Å². The maximum Gasteiger partial charge on any atom is 0.262 e. The molecular formula is C13H13NO4. The molecule has 5 nitrogen and oxygen atoms in total. The molecule has 0 saturated carbocycles. The number of ether oxygens (including phenoxy) is 1. The first kappa shape index (κ1) is 11.2. The molecule has 2 aliphatic heterocycles. The van der Waals surface area contributed by atoms with Crippen molar-refractivity contribution in [2.45, 2.75) is 32.0 Å². The van der Waals surface area contributed by atoms with Crippen LogP contribution in [-0.4, -0.2) is 29.1 Å². The molecule has 2 amide bonds. The molecule has 0 spiro atoms. The third-order valence-electron chi connectivity index (χ3n) is 3.46. The lowest BCUT2D eigenvalue weighted by Crippen LogP contribution is -2.52. The fraction of sp³-hybridized carbons (Fsp3) is 0.385. The number of aryl methyl sites for hydroxylation is 1. The second-order valence-electron chi connectivity index (χ2n) is 4.67. The van der Waals surface area contributed by atoms with Crippen LogP contribution in [0.3, 0.4) is 0 Å². The second kappa shape index (κ2) is 3.81. The number of phenols is 1. The Morgan fingerprint density at radius 3 is 2.39 bits per heavy atom. The lowest BCUT2D eigenvalue weighted by atomic mass is 10.1. The Hall–Kier alpha value is -1.88. The molecule has 0 radical (unpaired) electrons. The zero-order valence-electron chi connectivity index (χ0n) is 9.92. The summed E-state index contributed by atoms with van der Waals surface area (Å²) in [6.07, 6.45) is 0.139. The van der Waals surface area contributed by atoms with Crippen molar-refractivity contribution in [1.82, 2.24) is 0 Å². The van der Waals surface area contributed by atoms with Crippen molar-refractivity contribution in [2.75, 3.05) is 4.90 Å². The van der Waals surface area contributed by atoms with Gasteiger partial charge in [0.05, 0.1) is 5.69 Å². The zero-order valence-corrected chi connectivity index (χ0v) is 9.92. The van der Waals surface area contributed by atoms with Gasteiger partial charge in [0.1, 0.15) is 18.0 Å². The molecule has 3 rings (SSSR count). The Labute approximate surface area is 104 Å². The fourth-order valence-electron chi connectivity index (χ4n) is 2.39. The molecule has 5 heteroatoms. The van der Waals surface area contributed by atoms with Crippen LogP contribution in [0.5, 0.6) is 5.75 Å². The van der Waals surface area contributed by atoms with Gasteiger partial charge >= 0.3 is 0 Å². The number of aromatic hydroxyl groups is 1. The van der Waals surface area contributed by atoms with Crippen molar-refractivity contribution in [2.24, 2.45) is 0 Å². The van der Waals surface area contributed by atoms with E-state index in [0.717, 1.165) is 4.90 Å². The number of nitrogens with zero attached hydrogens (tertiary/aromatic N) is 1. The summed E-state index contributed by atoms with van der Waals surface area (Å²) in [7, 11) is 0. The van der Waals surface area contributed by atoms with Gasteiger partial charge in [-0.15, -0.1) is 0 Å². The smallest absolute Gasteiger partial charge is 0.262 e. The van der Waals surface area contributed by atoms with Crippen LogP contribution in [0.25, 0.3) is 0 Å². The first-order chi connectivity index (χ1) is 8.58. The number of carbonyl (C=O) groups excluding carboxylic acids is 2. The summed E-state index contributed by atoms with van der Waals surface area (Å²) in [6, 6.07) is 4.79. The van der Waals surface area contributed by atoms with E-state index in [2.05, 4.69) is 0 Å². The van der Waals surface area contributed by atoms with Crippen LogP contribution in [0.4, 0.5) is 5.69 Å². The molecule has 2 unspecified atom stereocenters. The van der Waals surface area contributed by atoms with Crippen LogP contribution in [-0.2, 0) is 14.3 Å². The number of hydrogen-bond acceptors (Lipinski definition) is 4. The molecule has 2 aliphatic rings. The average Bonchev–Trinajstić information content (AvgIpc) is 2.78. The zero-order chi connectivity index (χ0) is 12.9. The minimum atomic E-state index is -0.517. The Bertz CT molecular complexity index is 518. The number of morpholine rings is 1. The molecular weight excluding hydrogens is 234 g/mol. The van der Waals surface area contributed by atoms with Crippen molar-refractivity contribution in [3.8, 4) is 5.75 Å². The van der Waals surface area contributed by atoms with Gasteiger partial charge in [0.2, 0.25) is 0 Å². The standard InChI is InChI=1S/C13H13NO4/c1-7-2-3-8(6-9(7)15)14-12(16)10-4-5-11(18-10)13(14)17/h2-3,6,10-11,15H,4-5H2,1H3. The highest BCUT2D eigenvalue weighted by atomic mass is 16.5. The number of carbonyl (C=O) groups is 2. The molecule has 1 N–H and O–H groups in total. The minimum absolute atomic E-state index is 0.0759. The Balaban J connectivity index is 2.02. The van der Waals surface area contributed by atoms with Crippen molar-refractivity contribution >= 4 is 17.5 Å². The van der Waals surface area contributed by atoms with Gasteiger partial charge < -0.3 is 9.84 Å². The molecule has 2 bridgehead atoms. The minimum Gasteiger partial charge on any atom is -0.508 e. The summed E-state index contributed by atoms with van der Waals surface area (Å²) >= 11 is 0. The SMILES string of the molecule is Cc1ccc(N2C(=O)C3CCC(O3)C2=O)cc1O. The lowest BCUT2D eigenvalue weighted by molar-refractivity contribution is -0.146. The lowest BCUT2D eigenvalue weighted by Gasteiger charge is -2.30. The summed E-state index contributed by atoms with van der Waals surface area (Å²) in [6.45, 7) is 1.76. The third-order valence-corrected chi connectivity index (χ3v) is 3.46. The molecule has 2 heterocycles. The van der Waals surface area contributed by atoms with Gasteiger partial charge in [-0.3, -0.25) is 9.59 Å². The third kappa shape index (κ3) is 1.51. The van der Waals surface area contributed by atoms with Crippen LogP contribution in [0.1, 0.15) is 18.4 Å². The summed E-state index contributed by atoms with van der Waals surface area (Å²) in [4.78, 5) is 25.3. The normalized spacial score (nSPS) is 26.8. The molecule has 0 aromatic heterocycles. The highest BCUT2D eigenvalue weighted by molar-refractivity contribution is 6.19. The van der Waals surface area contributed by atoms with Crippen molar-refractivity contribution in [3.05, 3.63) is 23.8 Å². The van der Waals surface area contributed by atoms with E-state index >= 15 is 0 Å². The number of anilines is 1. The number of rotatable bonds is 1. The summed E-state index contributed by atoms with van der Waals surface area (Å²) in [5.41, 5.74) is 1.11. The van der Waals surface area contributed by atoms with E-state index in [1.165, 1.54) is 6.07 Å². The monoisotopic (exact) mass is 247 g/mol. The Morgan fingerprint density at radius 1 is 1.22 bits per heavy atom. The van der Waals surface area contributed by atoms with Crippen LogP contribution < -0.4 is 4.90 Å². The topological polar surface area (TPSA) is 66.8 Å². The molecule has 1 aromatic carbocycles. The van der Waals surface area contributed by atoms with Crippen LogP contribution >= 0.6 is 0 Å². The molecule has 18 heavy (non-hydrogen) atoms. The molecule has 94 valence electrons. The highest BCUT2D eigenvalue weighted by Crippen LogP contribution is 2.33. The molecule has 2 saturated heterocycles. The molecule has 0 aliphatic carbocycles.